The summed E-state index contributed by atoms with van der Waals surface area (Å²) in [7, 11) is 0. The fourth-order valence-electron chi connectivity index (χ4n) is 1.45. The fourth-order valence-corrected chi connectivity index (χ4v) is 1.56. The Labute approximate surface area is 121 Å². The summed E-state index contributed by atoms with van der Waals surface area (Å²) in [6.45, 7) is 5.47. The molecule has 0 bridgehead atoms. The number of nitrogens with one attached hydrogen (secondary N) is 2. The van der Waals surface area contributed by atoms with Crippen molar-refractivity contribution in [3.05, 3.63) is 29.8 Å². The van der Waals surface area contributed by atoms with Crippen LogP contribution in [0.5, 0.6) is 0 Å². The van der Waals surface area contributed by atoms with Crippen molar-refractivity contribution in [3.8, 4) is 0 Å². The van der Waals surface area contributed by atoms with Gasteiger partial charge in [-0.05, 0) is 38.5 Å². The number of primary amides is 1. The van der Waals surface area contributed by atoms with E-state index >= 15 is 0 Å². The van der Waals surface area contributed by atoms with Crippen molar-refractivity contribution in [3.63, 3.8) is 0 Å². The van der Waals surface area contributed by atoms with Crippen molar-refractivity contribution < 1.29 is 9.59 Å². The first-order valence-corrected chi connectivity index (χ1v) is 6.65. The van der Waals surface area contributed by atoms with E-state index in [1.54, 1.807) is 26.0 Å². The van der Waals surface area contributed by atoms with Crippen molar-refractivity contribution >= 4 is 33.6 Å². The number of rotatable bonds is 4. The third kappa shape index (κ3) is 4.90. The standard InChI is InChI=1S/C13H18BrN3O2/c1-8(16-11(18)13(2,3)14)9-4-6-10(7-5-9)17-12(15)19/h4-8H,1-3H3,(H,16,18)(H3,15,17,19). The van der Waals surface area contributed by atoms with Crippen molar-refractivity contribution in [2.75, 3.05) is 5.32 Å². The summed E-state index contributed by atoms with van der Waals surface area (Å²) in [6, 6.07) is 6.42. The number of amides is 3. The molecule has 0 saturated heterocycles. The number of carbonyl (C=O) groups excluding carboxylic acids is 2. The van der Waals surface area contributed by atoms with Crippen LogP contribution in [0.3, 0.4) is 0 Å². The van der Waals surface area contributed by atoms with Gasteiger partial charge in [-0.15, -0.1) is 0 Å². The third-order valence-electron chi connectivity index (χ3n) is 2.57. The molecule has 104 valence electrons. The lowest BCUT2D eigenvalue weighted by molar-refractivity contribution is -0.123. The number of hydrogen-bond acceptors (Lipinski definition) is 2. The highest BCUT2D eigenvalue weighted by Crippen LogP contribution is 2.20. The Kier molecular flexibility index (Phi) is 4.94. The molecule has 5 nitrogen and oxygen atoms in total. The van der Waals surface area contributed by atoms with Crippen molar-refractivity contribution in [2.45, 2.75) is 31.1 Å². The monoisotopic (exact) mass is 327 g/mol. The molecule has 1 unspecified atom stereocenters. The van der Waals surface area contributed by atoms with E-state index in [9.17, 15) is 9.59 Å². The van der Waals surface area contributed by atoms with Crippen LogP contribution in [0.2, 0.25) is 0 Å². The molecule has 0 aliphatic carbocycles. The number of urea groups is 1. The Morgan fingerprint density at radius 2 is 1.79 bits per heavy atom. The minimum absolute atomic E-state index is 0.0839. The van der Waals surface area contributed by atoms with Gasteiger partial charge in [0.2, 0.25) is 5.91 Å². The molecule has 0 radical (unpaired) electrons. The minimum Gasteiger partial charge on any atom is -0.351 e. The minimum atomic E-state index is -0.602. The molecule has 1 aromatic carbocycles. The molecule has 0 saturated carbocycles. The van der Waals surface area contributed by atoms with Crippen LogP contribution >= 0.6 is 15.9 Å². The fraction of sp³-hybridized carbons (Fsp3) is 0.385. The number of alkyl halides is 1. The average Bonchev–Trinajstić information content (AvgIpc) is 2.27. The van der Waals surface area contributed by atoms with E-state index in [4.69, 9.17) is 5.73 Å². The van der Waals surface area contributed by atoms with E-state index in [0.717, 1.165) is 5.56 Å². The number of benzene rings is 1. The molecule has 4 N–H and O–H groups in total. The van der Waals surface area contributed by atoms with Gasteiger partial charge in [0.25, 0.3) is 0 Å². The molecule has 0 aliphatic heterocycles. The highest BCUT2D eigenvalue weighted by molar-refractivity contribution is 9.10. The molecule has 0 heterocycles. The zero-order chi connectivity index (χ0) is 14.6. The van der Waals surface area contributed by atoms with Crippen LogP contribution in [-0.2, 0) is 4.79 Å². The van der Waals surface area contributed by atoms with Crippen LogP contribution in [0.4, 0.5) is 10.5 Å². The Morgan fingerprint density at radius 3 is 2.21 bits per heavy atom. The van der Waals surface area contributed by atoms with Crippen molar-refractivity contribution in [1.29, 1.82) is 0 Å². The molecule has 0 fully saturated rings. The van der Waals surface area contributed by atoms with Crippen molar-refractivity contribution in [1.82, 2.24) is 5.32 Å². The van der Waals surface area contributed by atoms with E-state index in [-0.39, 0.29) is 11.9 Å². The first kappa shape index (κ1) is 15.5. The molecular formula is C13H18BrN3O2. The molecule has 1 atom stereocenters. The zero-order valence-corrected chi connectivity index (χ0v) is 12.7. The normalized spacial score (nSPS) is 12.6. The van der Waals surface area contributed by atoms with Gasteiger partial charge in [-0.25, -0.2) is 4.79 Å². The maximum Gasteiger partial charge on any atom is 0.316 e. The summed E-state index contributed by atoms with van der Waals surface area (Å²) in [5, 5.41) is 5.38. The summed E-state index contributed by atoms with van der Waals surface area (Å²) < 4.78 is -0.602. The highest BCUT2D eigenvalue weighted by atomic mass is 79.9. The Bertz CT molecular complexity index is 466. The first-order chi connectivity index (χ1) is 8.70. The van der Waals surface area contributed by atoms with Gasteiger partial charge >= 0.3 is 6.03 Å². The van der Waals surface area contributed by atoms with Gasteiger partial charge in [0.05, 0.1) is 10.4 Å². The molecule has 0 aliphatic rings. The van der Waals surface area contributed by atoms with Gasteiger partial charge < -0.3 is 16.4 Å². The van der Waals surface area contributed by atoms with Crippen molar-refractivity contribution in [2.24, 2.45) is 5.73 Å². The van der Waals surface area contributed by atoms with Gasteiger partial charge in [0, 0.05) is 5.69 Å². The summed E-state index contributed by atoms with van der Waals surface area (Å²) in [6.07, 6.45) is 0. The second kappa shape index (κ2) is 6.06. The van der Waals surface area contributed by atoms with Crippen LogP contribution < -0.4 is 16.4 Å². The van der Waals surface area contributed by atoms with Crippen LogP contribution in [0, 0.1) is 0 Å². The Balaban J connectivity index is 2.70. The predicted molar refractivity (Wildman–Crippen MR) is 79.2 cm³/mol. The molecular weight excluding hydrogens is 310 g/mol. The van der Waals surface area contributed by atoms with Crippen LogP contribution in [0.15, 0.2) is 24.3 Å². The molecule has 0 aromatic heterocycles. The molecule has 6 heteroatoms. The second-order valence-electron chi connectivity index (χ2n) is 4.78. The summed E-state index contributed by atoms with van der Waals surface area (Å²) in [4.78, 5) is 22.5. The zero-order valence-electron chi connectivity index (χ0n) is 11.2. The molecule has 3 amide bonds. The Morgan fingerprint density at radius 1 is 1.26 bits per heavy atom. The predicted octanol–water partition coefficient (Wildman–Crippen LogP) is 2.53. The van der Waals surface area contributed by atoms with Gasteiger partial charge in [0.15, 0.2) is 0 Å². The summed E-state index contributed by atoms with van der Waals surface area (Å²) >= 11 is 3.31. The van der Waals surface area contributed by atoms with E-state index in [1.165, 1.54) is 0 Å². The quantitative estimate of drug-likeness (QED) is 0.742. The van der Waals surface area contributed by atoms with E-state index in [2.05, 4.69) is 26.6 Å². The Hall–Kier alpha value is -1.56. The number of halogens is 1. The molecule has 19 heavy (non-hydrogen) atoms. The smallest absolute Gasteiger partial charge is 0.316 e. The number of nitrogens with two attached hydrogens (primary N) is 1. The number of hydrogen-bond donors (Lipinski definition) is 3. The topological polar surface area (TPSA) is 84.2 Å². The maximum absolute atomic E-state index is 11.8. The second-order valence-corrected chi connectivity index (χ2v) is 6.76. The summed E-state index contributed by atoms with van der Waals surface area (Å²) in [5.74, 6) is -0.0839. The van der Waals surface area contributed by atoms with Gasteiger partial charge in [-0.3, -0.25) is 4.79 Å². The summed E-state index contributed by atoms with van der Waals surface area (Å²) in [5.41, 5.74) is 6.59. The molecule has 1 rings (SSSR count). The number of carbonyl (C=O) groups is 2. The SMILES string of the molecule is CC(NC(=O)C(C)(C)Br)c1ccc(NC(N)=O)cc1. The molecule has 1 aromatic rings. The lowest BCUT2D eigenvalue weighted by Crippen LogP contribution is -2.38. The van der Waals surface area contributed by atoms with Crippen LogP contribution in [0.1, 0.15) is 32.4 Å². The maximum atomic E-state index is 11.8. The lowest BCUT2D eigenvalue weighted by atomic mass is 10.1. The van der Waals surface area contributed by atoms with Crippen LogP contribution in [0.25, 0.3) is 0 Å². The largest absolute Gasteiger partial charge is 0.351 e. The third-order valence-corrected chi connectivity index (χ3v) is 2.93. The van der Waals surface area contributed by atoms with Gasteiger partial charge in [-0.1, -0.05) is 28.1 Å². The average molecular weight is 328 g/mol. The first-order valence-electron chi connectivity index (χ1n) is 5.86. The van der Waals surface area contributed by atoms with E-state index in [1.807, 2.05) is 19.1 Å². The molecule has 0 spiro atoms. The van der Waals surface area contributed by atoms with E-state index in [0.29, 0.717) is 5.69 Å². The lowest BCUT2D eigenvalue weighted by Gasteiger charge is -2.21. The number of anilines is 1. The van der Waals surface area contributed by atoms with Gasteiger partial charge in [-0.2, -0.15) is 0 Å². The van der Waals surface area contributed by atoms with E-state index < -0.39 is 10.4 Å². The highest BCUT2D eigenvalue weighted by Gasteiger charge is 2.24. The van der Waals surface area contributed by atoms with Crippen LogP contribution in [-0.4, -0.2) is 16.3 Å². The van der Waals surface area contributed by atoms with Gasteiger partial charge in [0.1, 0.15) is 0 Å².